The number of pyridine rings is 1. The van der Waals surface area contributed by atoms with Gasteiger partial charge in [-0.25, -0.2) is 4.98 Å². The largest absolute Gasteiger partial charge is 0.353 e. The molecule has 0 aliphatic carbocycles. The van der Waals surface area contributed by atoms with Crippen LogP contribution in [0.3, 0.4) is 0 Å². The third-order valence-electron chi connectivity index (χ3n) is 6.39. The first-order chi connectivity index (χ1) is 14.5. The molecule has 1 amide bonds. The lowest BCUT2D eigenvalue weighted by Crippen LogP contribution is -2.49. The van der Waals surface area contributed by atoms with E-state index in [4.69, 9.17) is 0 Å². The van der Waals surface area contributed by atoms with Crippen molar-refractivity contribution in [3.8, 4) is 0 Å². The van der Waals surface area contributed by atoms with Crippen LogP contribution in [0.25, 0.3) is 0 Å². The van der Waals surface area contributed by atoms with Crippen molar-refractivity contribution >= 4 is 22.4 Å². The molecule has 4 heterocycles. The van der Waals surface area contributed by atoms with Crippen LogP contribution in [0.2, 0.25) is 0 Å². The Hall–Kier alpha value is -1.99. The lowest BCUT2D eigenvalue weighted by atomic mass is 9.95. The maximum atomic E-state index is 13.0. The average molecular weight is 428 g/mol. The van der Waals surface area contributed by atoms with Crippen LogP contribution in [-0.4, -0.2) is 57.9 Å². The van der Waals surface area contributed by atoms with E-state index in [-0.39, 0.29) is 11.9 Å². The second-order valence-electron chi connectivity index (χ2n) is 8.92. The Morgan fingerprint density at radius 3 is 2.67 bits per heavy atom. The number of likely N-dealkylation sites (tertiary alicyclic amines) is 2. The summed E-state index contributed by atoms with van der Waals surface area (Å²) in [4.78, 5) is 27.3. The molecule has 7 heteroatoms. The predicted molar refractivity (Wildman–Crippen MR) is 122 cm³/mol. The monoisotopic (exact) mass is 427 g/mol. The van der Waals surface area contributed by atoms with Gasteiger partial charge in [-0.2, -0.15) is 0 Å². The number of rotatable bonds is 5. The molecule has 2 aliphatic heterocycles. The summed E-state index contributed by atoms with van der Waals surface area (Å²) in [6, 6.07) is 4.77. The number of aryl methyl sites for hydroxylation is 1. The average Bonchev–Trinajstić information content (AvgIpc) is 3.22. The van der Waals surface area contributed by atoms with Crippen molar-refractivity contribution in [1.82, 2.24) is 19.8 Å². The van der Waals surface area contributed by atoms with Crippen molar-refractivity contribution in [2.75, 3.05) is 31.5 Å². The van der Waals surface area contributed by atoms with Gasteiger partial charge >= 0.3 is 0 Å². The van der Waals surface area contributed by atoms with Crippen LogP contribution in [0.4, 0.5) is 5.13 Å². The topological polar surface area (TPSA) is 61.4 Å². The highest BCUT2D eigenvalue weighted by molar-refractivity contribution is 7.17. The molecule has 2 atom stereocenters. The second-order valence-corrected chi connectivity index (χ2v) is 9.95. The summed E-state index contributed by atoms with van der Waals surface area (Å²) in [5.41, 5.74) is 2.12. The Kier molecular flexibility index (Phi) is 6.68. The minimum Gasteiger partial charge on any atom is -0.353 e. The van der Waals surface area contributed by atoms with Gasteiger partial charge < -0.3 is 10.2 Å². The molecule has 0 radical (unpaired) electrons. The van der Waals surface area contributed by atoms with Crippen molar-refractivity contribution in [2.45, 2.75) is 58.5 Å². The van der Waals surface area contributed by atoms with Gasteiger partial charge in [-0.05, 0) is 63.6 Å². The van der Waals surface area contributed by atoms with Gasteiger partial charge in [0.25, 0.3) is 5.91 Å². The highest BCUT2D eigenvalue weighted by Gasteiger charge is 2.30. The number of nitrogens with one attached hydrogen (secondary N) is 1. The van der Waals surface area contributed by atoms with Gasteiger partial charge in [-0.15, -0.1) is 0 Å². The minimum absolute atomic E-state index is 0.0439. The zero-order valence-corrected chi connectivity index (χ0v) is 19.1. The number of nitrogens with zero attached hydrogens (tertiary/aromatic N) is 4. The number of thiazole rings is 1. The van der Waals surface area contributed by atoms with Crippen molar-refractivity contribution in [1.29, 1.82) is 0 Å². The molecule has 2 aromatic heterocycles. The maximum Gasteiger partial charge on any atom is 0.265 e. The Bertz CT molecular complexity index is 844. The van der Waals surface area contributed by atoms with Crippen LogP contribution in [0, 0.1) is 12.8 Å². The summed E-state index contributed by atoms with van der Waals surface area (Å²) in [7, 11) is 0. The number of aromatic nitrogens is 2. The Balaban J connectivity index is 1.30. The molecule has 2 fully saturated rings. The zero-order valence-electron chi connectivity index (χ0n) is 18.3. The molecule has 2 aromatic rings. The van der Waals surface area contributed by atoms with Gasteiger partial charge in [-0.3, -0.25) is 14.7 Å². The van der Waals surface area contributed by atoms with Crippen LogP contribution < -0.4 is 5.32 Å². The molecular weight excluding hydrogens is 394 g/mol. The van der Waals surface area contributed by atoms with Crippen molar-refractivity contribution < 1.29 is 4.79 Å². The molecule has 1 unspecified atom stereocenters. The van der Waals surface area contributed by atoms with Crippen LogP contribution in [0.1, 0.15) is 66.5 Å². The van der Waals surface area contributed by atoms with E-state index in [1.165, 1.54) is 37.3 Å². The van der Waals surface area contributed by atoms with E-state index in [0.717, 1.165) is 48.2 Å². The zero-order chi connectivity index (χ0) is 21.1. The summed E-state index contributed by atoms with van der Waals surface area (Å²) >= 11 is 1.44. The molecule has 1 N–H and O–H groups in total. The molecule has 0 aromatic carbocycles. The molecule has 2 saturated heterocycles. The molecule has 0 spiro atoms. The standard InChI is InChI=1S/C23H33N5OS/c1-16-6-7-20(24-13-16)18(3)26-23-25-14-21(30-23)22(29)27-11-8-19(9-12-27)28-10-4-5-17(2)15-28/h6-7,13-14,17-19H,4-5,8-12,15H2,1-3H3,(H,25,26)/t17-,18?/m1/s1. The van der Waals surface area contributed by atoms with E-state index in [1.807, 2.05) is 24.1 Å². The number of hydrogen-bond acceptors (Lipinski definition) is 6. The van der Waals surface area contributed by atoms with Crippen LogP contribution in [0.15, 0.2) is 24.5 Å². The molecule has 0 saturated carbocycles. The van der Waals surface area contributed by atoms with E-state index in [1.54, 1.807) is 6.20 Å². The van der Waals surface area contributed by atoms with Gasteiger partial charge in [0.05, 0.1) is 17.9 Å². The van der Waals surface area contributed by atoms with Gasteiger partial charge in [0.1, 0.15) is 4.88 Å². The third-order valence-corrected chi connectivity index (χ3v) is 7.31. The number of hydrogen-bond donors (Lipinski definition) is 1. The van der Waals surface area contributed by atoms with E-state index in [2.05, 4.69) is 40.1 Å². The number of carbonyl (C=O) groups is 1. The molecule has 30 heavy (non-hydrogen) atoms. The lowest BCUT2D eigenvalue weighted by molar-refractivity contribution is 0.0545. The fourth-order valence-corrected chi connectivity index (χ4v) is 5.45. The van der Waals surface area contributed by atoms with Crippen LogP contribution in [0.5, 0.6) is 0 Å². The second kappa shape index (κ2) is 9.43. The van der Waals surface area contributed by atoms with Gasteiger partial charge in [0, 0.05) is 31.9 Å². The predicted octanol–water partition coefficient (Wildman–Crippen LogP) is 4.36. The number of piperidine rings is 2. The lowest BCUT2D eigenvalue weighted by Gasteiger charge is -2.41. The fourth-order valence-electron chi connectivity index (χ4n) is 4.58. The first-order valence-electron chi connectivity index (χ1n) is 11.2. The first-order valence-corrected chi connectivity index (χ1v) is 12.0. The molecule has 6 nitrogen and oxygen atoms in total. The Labute approximate surface area is 183 Å². The van der Waals surface area contributed by atoms with E-state index in [0.29, 0.717) is 10.9 Å². The third kappa shape index (κ3) is 5.01. The normalized spacial score (nSPS) is 22.1. The number of anilines is 1. The summed E-state index contributed by atoms with van der Waals surface area (Å²) in [6.45, 7) is 10.6. The van der Waals surface area contributed by atoms with Gasteiger partial charge in [0.2, 0.25) is 0 Å². The van der Waals surface area contributed by atoms with Crippen molar-refractivity contribution in [3.05, 3.63) is 40.7 Å². The van der Waals surface area contributed by atoms with Crippen molar-refractivity contribution in [2.24, 2.45) is 5.92 Å². The SMILES string of the molecule is Cc1ccc(C(C)Nc2ncc(C(=O)N3CCC(N4CCC[C@@H](C)C4)CC3)s2)nc1. The molecule has 4 rings (SSSR count). The van der Waals surface area contributed by atoms with Crippen LogP contribution in [-0.2, 0) is 0 Å². The quantitative estimate of drug-likeness (QED) is 0.768. The molecule has 0 bridgehead atoms. The molecule has 162 valence electrons. The van der Waals surface area contributed by atoms with Gasteiger partial charge in [0.15, 0.2) is 5.13 Å². The minimum atomic E-state index is 0.0439. The van der Waals surface area contributed by atoms with E-state index in [9.17, 15) is 4.79 Å². The number of amides is 1. The molecular formula is C23H33N5OS. The number of carbonyl (C=O) groups excluding carboxylic acids is 1. The smallest absolute Gasteiger partial charge is 0.265 e. The molecule has 2 aliphatic rings. The van der Waals surface area contributed by atoms with Crippen molar-refractivity contribution in [3.63, 3.8) is 0 Å². The van der Waals surface area contributed by atoms with E-state index >= 15 is 0 Å². The summed E-state index contributed by atoms with van der Waals surface area (Å²) in [5, 5.41) is 4.15. The fraction of sp³-hybridized carbons (Fsp3) is 0.609. The highest BCUT2D eigenvalue weighted by Crippen LogP contribution is 2.27. The van der Waals surface area contributed by atoms with Crippen LogP contribution >= 0.6 is 11.3 Å². The Morgan fingerprint density at radius 2 is 1.97 bits per heavy atom. The van der Waals surface area contributed by atoms with Gasteiger partial charge in [-0.1, -0.05) is 24.3 Å². The maximum absolute atomic E-state index is 13.0. The van der Waals surface area contributed by atoms with E-state index < -0.39 is 0 Å². The highest BCUT2D eigenvalue weighted by atomic mass is 32.1. The first kappa shape index (κ1) is 21.2. The summed E-state index contributed by atoms with van der Waals surface area (Å²) in [6.07, 6.45) is 8.42. The Morgan fingerprint density at radius 1 is 1.17 bits per heavy atom. The summed E-state index contributed by atoms with van der Waals surface area (Å²) in [5.74, 6) is 0.922. The summed E-state index contributed by atoms with van der Waals surface area (Å²) < 4.78 is 0.